The highest BCUT2D eigenvalue weighted by Gasteiger charge is 2.26. The van der Waals surface area contributed by atoms with Crippen LogP contribution in [-0.2, 0) is 45.5 Å². The third kappa shape index (κ3) is 30.2. The fourth-order valence-corrected chi connectivity index (χ4v) is 7.38. The number of allylic oxidation sites excluding steroid dienone is 4. The molecule has 0 saturated heterocycles. The number of phosphoric acid groups is 1. The van der Waals surface area contributed by atoms with Crippen molar-refractivity contribution in [2.24, 2.45) is 5.73 Å². The van der Waals surface area contributed by atoms with Crippen LogP contribution in [0.2, 0.25) is 0 Å². The molecule has 340 valence electrons. The summed E-state index contributed by atoms with van der Waals surface area (Å²) >= 11 is 0. The summed E-state index contributed by atoms with van der Waals surface area (Å²) in [4.78, 5) is 35.0. The molecule has 0 aliphatic rings. The number of ether oxygens (including phenoxy) is 2. The van der Waals surface area contributed by atoms with E-state index in [1.165, 1.54) is 80.4 Å². The number of unbranched alkanes of at least 4 members (excludes halogenated alkanes) is 16. The van der Waals surface area contributed by atoms with Crippen LogP contribution in [0, 0.1) is 13.8 Å². The van der Waals surface area contributed by atoms with E-state index in [1.54, 1.807) is 6.08 Å². The van der Waals surface area contributed by atoms with Crippen molar-refractivity contribution < 1.29 is 47.1 Å². The summed E-state index contributed by atoms with van der Waals surface area (Å²) in [6, 6.07) is 0. The fourth-order valence-electron chi connectivity index (χ4n) is 6.61. The van der Waals surface area contributed by atoms with E-state index in [9.17, 15) is 24.2 Å². The van der Waals surface area contributed by atoms with Gasteiger partial charge in [0.1, 0.15) is 18.1 Å². The molecule has 0 saturated carbocycles. The van der Waals surface area contributed by atoms with Crippen molar-refractivity contribution in [1.29, 1.82) is 0 Å². The zero-order valence-electron chi connectivity index (χ0n) is 37.3. The van der Waals surface area contributed by atoms with E-state index in [1.807, 2.05) is 24.3 Å². The molecular formula is C47H82NO10P. The third-order valence-electron chi connectivity index (χ3n) is 10.3. The number of aryl methyl sites for hydroxylation is 2. The highest BCUT2D eigenvalue weighted by atomic mass is 31.2. The van der Waals surface area contributed by atoms with Crippen LogP contribution >= 0.6 is 7.82 Å². The molecule has 12 heteroatoms. The lowest BCUT2D eigenvalue weighted by molar-refractivity contribution is -0.161. The molecule has 59 heavy (non-hydrogen) atoms. The number of rotatable bonds is 39. The second kappa shape index (κ2) is 36.2. The molecule has 0 aliphatic carbocycles. The number of carbonyl (C=O) groups excluding carboxylic acids is 2. The van der Waals surface area contributed by atoms with E-state index < -0.39 is 38.6 Å². The van der Waals surface area contributed by atoms with E-state index in [0.29, 0.717) is 19.3 Å². The molecule has 1 heterocycles. The molecule has 4 N–H and O–H groups in total. The molecule has 1 aromatic heterocycles. The topological polar surface area (TPSA) is 168 Å². The molecule has 2 unspecified atom stereocenters. The van der Waals surface area contributed by atoms with Gasteiger partial charge in [-0.05, 0) is 76.3 Å². The number of carbonyl (C=O) groups is 2. The number of furan rings is 1. The van der Waals surface area contributed by atoms with Gasteiger partial charge in [0, 0.05) is 32.2 Å². The van der Waals surface area contributed by atoms with Gasteiger partial charge < -0.3 is 29.6 Å². The maximum Gasteiger partial charge on any atom is 0.472 e. The van der Waals surface area contributed by atoms with Crippen molar-refractivity contribution >= 4 is 19.8 Å². The summed E-state index contributed by atoms with van der Waals surface area (Å²) < 4.78 is 39.0. The molecule has 0 spiro atoms. The van der Waals surface area contributed by atoms with Crippen molar-refractivity contribution in [2.45, 2.75) is 200 Å². The van der Waals surface area contributed by atoms with Crippen LogP contribution in [0.15, 0.2) is 40.9 Å². The molecular weight excluding hydrogens is 769 g/mol. The average molecular weight is 852 g/mol. The molecule has 0 bridgehead atoms. The van der Waals surface area contributed by atoms with Crippen molar-refractivity contribution in [3.05, 3.63) is 59.1 Å². The van der Waals surface area contributed by atoms with E-state index in [2.05, 4.69) is 33.8 Å². The Morgan fingerprint density at radius 1 is 0.712 bits per heavy atom. The van der Waals surface area contributed by atoms with Crippen LogP contribution in [0.25, 0.3) is 0 Å². The van der Waals surface area contributed by atoms with Gasteiger partial charge in [0.25, 0.3) is 0 Å². The average Bonchev–Trinajstić information content (AvgIpc) is 3.48. The minimum Gasteiger partial charge on any atom is -0.466 e. The monoisotopic (exact) mass is 852 g/mol. The molecule has 1 aromatic rings. The van der Waals surface area contributed by atoms with Gasteiger partial charge in [0.15, 0.2) is 6.10 Å². The summed E-state index contributed by atoms with van der Waals surface area (Å²) in [5.74, 6) is 1.47. The van der Waals surface area contributed by atoms with Gasteiger partial charge in [0.05, 0.1) is 19.3 Å². The Labute approximate surface area is 357 Å². The first kappa shape index (κ1) is 54.5. The van der Waals surface area contributed by atoms with E-state index in [0.717, 1.165) is 70.6 Å². The van der Waals surface area contributed by atoms with Gasteiger partial charge in [-0.1, -0.05) is 134 Å². The maximum absolute atomic E-state index is 12.6. The van der Waals surface area contributed by atoms with Gasteiger partial charge in [-0.3, -0.25) is 18.6 Å². The Kier molecular flexibility index (Phi) is 33.4. The van der Waals surface area contributed by atoms with Gasteiger partial charge in [-0.15, -0.1) is 0 Å². The predicted molar refractivity (Wildman–Crippen MR) is 238 cm³/mol. The van der Waals surface area contributed by atoms with Crippen LogP contribution in [-0.4, -0.2) is 60.5 Å². The number of nitrogens with two attached hydrogens (primary N) is 1. The largest absolute Gasteiger partial charge is 0.472 e. The van der Waals surface area contributed by atoms with Crippen molar-refractivity contribution in [2.75, 3.05) is 26.4 Å². The van der Waals surface area contributed by atoms with Crippen LogP contribution in [0.3, 0.4) is 0 Å². The molecule has 1 rings (SSSR count). The fraction of sp³-hybridized carbons (Fsp3) is 0.745. The Hall–Kier alpha value is -2.53. The Morgan fingerprint density at radius 3 is 1.86 bits per heavy atom. The minimum absolute atomic E-state index is 0.0354. The highest BCUT2D eigenvalue weighted by molar-refractivity contribution is 7.47. The lowest BCUT2D eigenvalue weighted by atomic mass is 10.0. The van der Waals surface area contributed by atoms with Crippen molar-refractivity contribution in [3.8, 4) is 0 Å². The second-order valence-electron chi connectivity index (χ2n) is 15.7. The first-order valence-corrected chi connectivity index (χ1v) is 24.4. The first-order chi connectivity index (χ1) is 28.5. The minimum atomic E-state index is -4.41. The molecule has 0 aromatic carbocycles. The zero-order valence-corrected chi connectivity index (χ0v) is 38.2. The van der Waals surface area contributed by atoms with Gasteiger partial charge in [-0.25, -0.2) is 4.57 Å². The number of phosphoric ester groups is 1. The standard InChI is InChI=1S/C47H82NO10P/c1-5-7-24-30-42(49)31-26-20-16-12-11-15-19-23-29-35-47(51)57-43(39-56-59(52,53)55-37-36-48)38-54-46(50)34-28-22-18-14-10-9-13-17-21-27-33-45-41(4)40(3)44(58-45)32-25-8-6-2/h7,16,20,24,26,31,42-43,49H,5-6,8-15,17-19,21-23,25,27-30,32-39,48H2,1-4H3,(H,52,53)/b20-16+,24-7+,31-26+/t42?,43-/m1/s1. The Bertz CT molecular complexity index is 1360. The zero-order chi connectivity index (χ0) is 43.4. The van der Waals surface area contributed by atoms with Crippen molar-refractivity contribution in [3.63, 3.8) is 0 Å². The normalized spacial score (nSPS) is 14.1. The number of hydrogen-bond acceptors (Lipinski definition) is 10. The number of hydrogen-bond donors (Lipinski definition) is 3. The van der Waals surface area contributed by atoms with E-state index >= 15 is 0 Å². The molecule has 0 amide bonds. The number of aliphatic hydroxyl groups excluding tert-OH is 1. The molecule has 11 nitrogen and oxygen atoms in total. The Morgan fingerprint density at radius 2 is 1.27 bits per heavy atom. The smallest absolute Gasteiger partial charge is 0.466 e. The Balaban J connectivity index is 2.24. The molecule has 0 radical (unpaired) electrons. The number of aliphatic hydroxyl groups is 1. The maximum atomic E-state index is 12.6. The first-order valence-electron chi connectivity index (χ1n) is 22.9. The number of esters is 2. The van der Waals surface area contributed by atoms with Gasteiger partial charge in [-0.2, -0.15) is 0 Å². The van der Waals surface area contributed by atoms with Gasteiger partial charge >= 0.3 is 19.8 Å². The summed E-state index contributed by atoms with van der Waals surface area (Å²) in [7, 11) is -4.41. The predicted octanol–water partition coefficient (Wildman–Crippen LogP) is 11.6. The third-order valence-corrected chi connectivity index (χ3v) is 11.3. The molecule has 0 aliphatic heterocycles. The van der Waals surface area contributed by atoms with Crippen LogP contribution < -0.4 is 5.73 Å². The lowest BCUT2D eigenvalue weighted by Crippen LogP contribution is -2.29. The summed E-state index contributed by atoms with van der Waals surface area (Å²) in [5, 5.41) is 9.88. The highest BCUT2D eigenvalue weighted by Crippen LogP contribution is 2.43. The van der Waals surface area contributed by atoms with Crippen LogP contribution in [0.1, 0.15) is 184 Å². The van der Waals surface area contributed by atoms with Crippen molar-refractivity contribution in [1.82, 2.24) is 0 Å². The molecule has 0 fully saturated rings. The SMILES string of the molecule is CC/C=C/CC(O)/C=C/C=C/CCCCCCCC(=O)O[C@H](COC(=O)CCCCCCCCCCCCc1oc(CCCCC)c(C)c1C)COP(=O)(O)OCCN. The van der Waals surface area contributed by atoms with Crippen LogP contribution in [0.5, 0.6) is 0 Å². The van der Waals surface area contributed by atoms with Gasteiger partial charge in [0.2, 0.25) is 0 Å². The second-order valence-corrected chi connectivity index (χ2v) is 17.1. The lowest BCUT2D eigenvalue weighted by Gasteiger charge is -2.19. The summed E-state index contributed by atoms with van der Waals surface area (Å²) in [6.45, 7) is 7.82. The summed E-state index contributed by atoms with van der Waals surface area (Å²) in [6.07, 6.45) is 34.6. The summed E-state index contributed by atoms with van der Waals surface area (Å²) in [5.41, 5.74) is 8.04. The van der Waals surface area contributed by atoms with E-state index in [-0.39, 0.29) is 32.6 Å². The van der Waals surface area contributed by atoms with E-state index in [4.69, 9.17) is 28.7 Å². The van der Waals surface area contributed by atoms with Crippen LogP contribution in [0.4, 0.5) is 0 Å². The molecule has 3 atom stereocenters. The quantitative estimate of drug-likeness (QED) is 0.0189.